The van der Waals surface area contributed by atoms with Gasteiger partial charge in [0.25, 0.3) is 0 Å². The lowest BCUT2D eigenvalue weighted by Gasteiger charge is -2.10. The lowest BCUT2D eigenvalue weighted by atomic mass is 10.1. The van der Waals surface area contributed by atoms with Crippen LogP contribution in [0.15, 0.2) is 12.4 Å². The molecule has 1 heterocycles. The van der Waals surface area contributed by atoms with E-state index >= 15 is 0 Å². The predicted molar refractivity (Wildman–Crippen MR) is 52.1 cm³/mol. The van der Waals surface area contributed by atoms with Crippen molar-refractivity contribution in [3.05, 3.63) is 18.0 Å². The molecule has 0 aliphatic heterocycles. The number of nitrogens with one attached hydrogen (secondary N) is 1. The third-order valence-electron chi connectivity index (χ3n) is 2.03. The van der Waals surface area contributed by atoms with Crippen LogP contribution in [-0.4, -0.2) is 27.3 Å². The molecular formula is C9H13N3O3. The first-order valence-corrected chi connectivity index (χ1v) is 4.61. The Labute approximate surface area is 86.9 Å². The highest BCUT2D eigenvalue weighted by molar-refractivity contribution is 5.68. The van der Waals surface area contributed by atoms with Crippen molar-refractivity contribution < 1.29 is 14.7 Å². The molecule has 15 heavy (non-hydrogen) atoms. The number of nitrogens with zero attached hydrogens (tertiary/aromatic N) is 2. The molecule has 82 valence electrons. The molecule has 0 aromatic carbocycles. The molecule has 0 spiro atoms. The van der Waals surface area contributed by atoms with Gasteiger partial charge in [0.15, 0.2) is 0 Å². The highest BCUT2D eigenvalue weighted by atomic mass is 16.4. The van der Waals surface area contributed by atoms with Crippen LogP contribution in [0.2, 0.25) is 0 Å². The summed E-state index contributed by atoms with van der Waals surface area (Å²) < 4.78 is 1.68. The van der Waals surface area contributed by atoms with Gasteiger partial charge in [0, 0.05) is 18.3 Å². The summed E-state index contributed by atoms with van der Waals surface area (Å²) in [4.78, 5) is 20.9. The van der Waals surface area contributed by atoms with Crippen LogP contribution in [-0.2, 0) is 16.1 Å². The molecule has 0 saturated carbocycles. The quantitative estimate of drug-likeness (QED) is 0.657. The lowest BCUT2D eigenvalue weighted by molar-refractivity contribution is -0.137. The summed E-state index contributed by atoms with van der Waals surface area (Å²) in [5.74, 6) is -0.960. The first-order chi connectivity index (χ1) is 7.17. The Bertz CT molecular complexity index is 348. The lowest BCUT2D eigenvalue weighted by Crippen LogP contribution is -2.22. The van der Waals surface area contributed by atoms with Gasteiger partial charge >= 0.3 is 5.97 Å². The van der Waals surface area contributed by atoms with Crippen molar-refractivity contribution in [2.75, 3.05) is 0 Å². The largest absolute Gasteiger partial charge is 0.481 e. The average molecular weight is 211 g/mol. The zero-order valence-electron chi connectivity index (χ0n) is 8.38. The van der Waals surface area contributed by atoms with Gasteiger partial charge in [-0.3, -0.25) is 14.3 Å². The molecule has 1 aromatic heterocycles. The number of carbonyl (C=O) groups is 2. The molecule has 0 fully saturated rings. The van der Waals surface area contributed by atoms with Crippen molar-refractivity contribution >= 4 is 12.4 Å². The van der Waals surface area contributed by atoms with Crippen LogP contribution in [0.1, 0.15) is 24.9 Å². The molecule has 6 heteroatoms. The Morgan fingerprint density at radius 1 is 1.80 bits per heavy atom. The van der Waals surface area contributed by atoms with E-state index < -0.39 is 12.0 Å². The van der Waals surface area contributed by atoms with E-state index in [9.17, 15) is 9.59 Å². The van der Waals surface area contributed by atoms with Gasteiger partial charge in [0.2, 0.25) is 6.41 Å². The highest BCUT2D eigenvalue weighted by Crippen LogP contribution is 2.15. The number of amides is 1. The fourth-order valence-corrected chi connectivity index (χ4v) is 1.26. The van der Waals surface area contributed by atoms with Crippen LogP contribution in [0.3, 0.4) is 0 Å². The first-order valence-electron chi connectivity index (χ1n) is 4.61. The van der Waals surface area contributed by atoms with E-state index in [0.717, 1.165) is 0 Å². The number of carboxylic acid groups (broad SMARTS) is 1. The van der Waals surface area contributed by atoms with Crippen LogP contribution >= 0.6 is 0 Å². The molecule has 0 radical (unpaired) electrons. The number of rotatable bonds is 6. The van der Waals surface area contributed by atoms with E-state index in [1.54, 1.807) is 17.1 Å². The number of aliphatic carboxylic acids is 1. The fourth-order valence-electron chi connectivity index (χ4n) is 1.26. The van der Waals surface area contributed by atoms with Gasteiger partial charge in [-0.25, -0.2) is 0 Å². The van der Waals surface area contributed by atoms with Gasteiger partial charge in [-0.2, -0.15) is 5.10 Å². The summed E-state index contributed by atoms with van der Waals surface area (Å²) in [5.41, 5.74) is 0.700. The summed E-state index contributed by atoms with van der Waals surface area (Å²) in [6.45, 7) is 2.64. The number of aryl methyl sites for hydroxylation is 1. The van der Waals surface area contributed by atoms with E-state index in [1.165, 1.54) is 0 Å². The van der Waals surface area contributed by atoms with Gasteiger partial charge in [-0.15, -0.1) is 0 Å². The highest BCUT2D eigenvalue weighted by Gasteiger charge is 2.16. The SMILES string of the molecule is CCn1cc([C@H](CC(=O)O)NC=O)cn1. The molecule has 0 bridgehead atoms. The fraction of sp³-hybridized carbons (Fsp3) is 0.444. The molecule has 2 N–H and O–H groups in total. The van der Waals surface area contributed by atoms with Crippen LogP contribution in [0.25, 0.3) is 0 Å². The minimum atomic E-state index is -0.960. The summed E-state index contributed by atoms with van der Waals surface area (Å²) in [6, 6.07) is -0.514. The van der Waals surface area contributed by atoms with Crippen molar-refractivity contribution in [1.82, 2.24) is 15.1 Å². The van der Waals surface area contributed by atoms with Crippen LogP contribution in [0.5, 0.6) is 0 Å². The number of hydrogen-bond acceptors (Lipinski definition) is 3. The van der Waals surface area contributed by atoms with Crippen molar-refractivity contribution in [3.63, 3.8) is 0 Å². The van der Waals surface area contributed by atoms with Crippen molar-refractivity contribution in [2.45, 2.75) is 25.9 Å². The first kappa shape index (κ1) is 11.2. The second-order valence-electron chi connectivity index (χ2n) is 3.06. The zero-order valence-corrected chi connectivity index (χ0v) is 8.38. The summed E-state index contributed by atoms with van der Waals surface area (Å²) in [7, 11) is 0. The predicted octanol–water partition coefficient (Wildman–Crippen LogP) is 0.165. The van der Waals surface area contributed by atoms with Gasteiger partial charge in [-0.1, -0.05) is 0 Å². The van der Waals surface area contributed by atoms with Crippen molar-refractivity contribution in [3.8, 4) is 0 Å². The standard InChI is InChI=1S/C9H13N3O3/c1-2-12-5-7(4-11-12)8(10-6-13)3-9(14)15/h4-6,8H,2-3H2,1H3,(H,10,13)(H,14,15)/t8-/m0/s1. The summed E-state index contributed by atoms with van der Waals surface area (Å²) in [5, 5.41) is 15.1. The maximum absolute atomic E-state index is 10.6. The molecule has 6 nitrogen and oxygen atoms in total. The number of aromatic nitrogens is 2. The van der Waals surface area contributed by atoms with Crippen LogP contribution in [0.4, 0.5) is 0 Å². The Kier molecular flexibility index (Phi) is 3.84. The Morgan fingerprint density at radius 2 is 2.53 bits per heavy atom. The topological polar surface area (TPSA) is 84.2 Å². The maximum atomic E-state index is 10.6. The van der Waals surface area contributed by atoms with Gasteiger partial charge in [0.1, 0.15) is 0 Å². The normalized spacial score (nSPS) is 12.1. The Hall–Kier alpha value is -1.85. The molecule has 1 rings (SSSR count). The number of carboxylic acids is 1. The molecule has 0 aliphatic rings. The molecular weight excluding hydrogens is 198 g/mol. The third-order valence-corrected chi connectivity index (χ3v) is 2.03. The minimum absolute atomic E-state index is 0.145. The van der Waals surface area contributed by atoms with Gasteiger partial charge in [0.05, 0.1) is 18.7 Å². The zero-order chi connectivity index (χ0) is 11.3. The number of carbonyl (C=O) groups excluding carboxylic acids is 1. The van der Waals surface area contributed by atoms with E-state index in [2.05, 4.69) is 10.4 Å². The molecule has 1 atom stereocenters. The third kappa shape index (κ3) is 3.08. The molecule has 1 amide bonds. The smallest absolute Gasteiger partial charge is 0.305 e. The van der Waals surface area contributed by atoms with Crippen molar-refractivity contribution in [2.24, 2.45) is 0 Å². The Balaban J connectivity index is 2.77. The van der Waals surface area contributed by atoms with E-state index in [-0.39, 0.29) is 6.42 Å². The van der Waals surface area contributed by atoms with Crippen LogP contribution < -0.4 is 5.32 Å². The second-order valence-corrected chi connectivity index (χ2v) is 3.06. The molecule has 0 unspecified atom stereocenters. The molecule has 0 aliphatic carbocycles. The van der Waals surface area contributed by atoms with E-state index in [1.807, 2.05) is 6.92 Å². The van der Waals surface area contributed by atoms with Gasteiger partial charge < -0.3 is 10.4 Å². The number of hydrogen-bond donors (Lipinski definition) is 2. The van der Waals surface area contributed by atoms with Crippen LogP contribution in [0, 0.1) is 0 Å². The van der Waals surface area contributed by atoms with Crippen molar-refractivity contribution in [1.29, 1.82) is 0 Å². The van der Waals surface area contributed by atoms with E-state index in [0.29, 0.717) is 18.5 Å². The van der Waals surface area contributed by atoms with E-state index in [4.69, 9.17) is 5.11 Å². The molecule has 1 aromatic rings. The average Bonchev–Trinajstić information content (AvgIpc) is 2.64. The van der Waals surface area contributed by atoms with Gasteiger partial charge in [-0.05, 0) is 6.92 Å². The molecule has 0 saturated heterocycles. The maximum Gasteiger partial charge on any atom is 0.305 e. The summed E-state index contributed by atoms with van der Waals surface area (Å²) in [6.07, 6.45) is 3.64. The summed E-state index contributed by atoms with van der Waals surface area (Å²) >= 11 is 0. The Morgan fingerprint density at radius 3 is 3.00 bits per heavy atom. The monoisotopic (exact) mass is 211 g/mol. The second kappa shape index (κ2) is 5.14. The minimum Gasteiger partial charge on any atom is -0.481 e.